The van der Waals surface area contributed by atoms with Crippen LogP contribution in [-0.2, 0) is 9.59 Å². The average Bonchev–Trinajstić information content (AvgIpc) is 2.14. The van der Waals surface area contributed by atoms with Gasteiger partial charge in [0, 0.05) is 27.1 Å². The summed E-state index contributed by atoms with van der Waals surface area (Å²) in [5.41, 5.74) is 0. The van der Waals surface area contributed by atoms with Gasteiger partial charge in [-0.25, -0.2) is 0 Å². The van der Waals surface area contributed by atoms with E-state index in [1.807, 2.05) is 6.92 Å². The Morgan fingerprint density at radius 1 is 1.29 bits per heavy atom. The molecule has 2 N–H and O–H groups in total. The maximum atomic E-state index is 11.1. The number of carbonyl (C=O) groups is 2. The first kappa shape index (κ1) is 12.9. The van der Waals surface area contributed by atoms with Gasteiger partial charge in [-0.15, -0.1) is 0 Å². The third-order valence-corrected chi connectivity index (χ3v) is 1.70. The minimum Gasteiger partial charge on any atom is -0.354 e. The van der Waals surface area contributed by atoms with Gasteiger partial charge >= 0.3 is 0 Å². The van der Waals surface area contributed by atoms with Gasteiger partial charge in [0.15, 0.2) is 0 Å². The summed E-state index contributed by atoms with van der Waals surface area (Å²) in [6.07, 6.45) is 0.352. The van der Waals surface area contributed by atoms with Crippen LogP contribution in [0.1, 0.15) is 13.3 Å². The summed E-state index contributed by atoms with van der Waals surface area (Å²) in [4.78, 5) is 23.7. The van der Waals surface area contributed by atoms with Gasteiger partial charge in [-0.05, 0) is 6.54 Å². The number of amides is 2. The fourth-order valence-corrected chi connectivity index (χ4v) is 0.833. The van der Waals surface area contributed by atoms with Gasteiger partial charge in [-0.2, -0.15) is 0 Å². The molecule has 0 aliphatic carbocycles. The fourth-order valence-electron chi connectivity index (χ4n) is 0.833. The molecule has 0 radical (unpaired) electrons. The van der Waals surface area contributed by atoms with Crippen LogP contribution >= 0.6 is 0 Å². The molecule has 5 nitrogen and oxygen atoms in total. The fraction of sp³-hybridized carbons (Fsp3) is 0.778. The van der Waals surface area contributed by atoms with Gasteiger partial charge < -0.3 is 15.5 Å². The lowest BCUT2D eigenvalue weighted by Crippen LogP contribution is -2.36. The number of hydrogen-bond acceptors (Lipinski definition) is 3. The maximum absolute atomic E-state index is 11.1. The van der Waals surface area contributed by atoms with E-state index in [2.05, 4.69) is 10.6 Å². The molecule has 5 heteroatoms. The lowest BCUT2D eigenvalue weighted by atomic mass is 10.4. The summed E-state index contributed by atoms with van der Waals surface area (Å²) < 4.78 is 0. The second-order valence-corrected chi connectivity index (χ2v) is 3.17. The van der Waals surface area contributed by atoms with Crippen molar-refractivity contribution in [3.63, 3.8) is 0 Å². The Morgan fingerprint density at radius 3 is 2.43 bits per heavy atom. The molecule has 0 bridgehead atoms. The Bertz CT molecular complexity index is 192. The normalized spacial score (nSPS) is 9.64. The predicted octanol–water partition coefficient (Wildman–Crippen LogP) is -0.810. The van der Waals surface area contributed by atoms with Crippen molar-refractivity contribution in [3.05, 3.63) is 0 Å². The largest absolute Gasteiger partial charge is 0.354 e. The Labute approximate surface area is 84.8 Å². The van der Waals surface area contributed by atoms with Crippen LogP contribution in [-0.4, -0.2) is 50.4 Å². The Hall–Kier alpha value is -1.10. The van der Waals surface area contributed by atoms with E-state index in [9.17, 15) is 9.59 Å². The highest BCUT2D eigenvalue weighted by Crippen LogP contribution is 1.84. The molecule has 14 heavy (non-hydrogen) atoms. The Balaban J connectivity index is 3.44. The lowest BCUT2D eigenvalue weighted by molar-refractivity contribution is -0.128. The quantitative estimate of drug-likeness (QED) is 0.591. The summed E-state index contributed by atoms with van der Waals surface area (Å²) in [6, 6.07) is 0. The van der Waals surface area contributed by atoms with Gasteiger partial charge in [0.1, 0.15) is 0 Å². The zero-order valence-electron chi connectivity index (χ0n) is 9.09. The summed E-state index contributed by atoms with van der Waals surface area (Å²) in [5.74, 6) is -0.0489. The van der Waals surface area contributed by atoms with Crippen molar-refractivity contribution in [1.82, 2.24) is 15.5 Å². The van der Waals surface area contributed by atoms with Crippen molar-refractivity contribution < 1.29 is 9.59 Å². The summed E-state index contributed by atoms with van der Waals surface area (Å²) >= 11 is 0. The molecule has 2 amide bonds. The van der Waals surface area contributed by atoms with Gasteiger partial charge in [0.05, 0.1) is 6.54 Å². The van der Waals surface area contributed by atoms with E-state index < -0.39 is 0 Å². The Kier molecular flexibility index (Phi) is 6.74. The summed E-state index contributed by atoms with van der Waals surface area (Å²) in [5, 5.41) is 5.56. The first-order chi connectivity index (χ1) is 6.57. The zero-order valence-corrected chi connectivity index (χ0v) is 9.09. The molecule has 0 fully saturated rings. The molecule has 0 aliphatic rings. The van der Waals surface area contributed by atoms with Crippen LogP contribution in [0.5, 0.6) is 0 Å². The third kappa shape index (κ3) is 6.42. The summed E-state index contributed by atoms with van der Waals surface area (Å²) in [7, 11) is 3.39. The van der Waals surface area contributed by atoms with Gasteiger partial charge in [-0.1, -0.05) is 6.92 Å². The van der Waals surface area contributed by atoms with E-state index in [1.54, 1.807) is 14.1 Å². The molecule has 0 aromatic carbocycles. The van der Waals surface area contributed by atoms with Gasteiger partial charge in [-0.3, -0.25) is 9.59 Å². The van der Waals surface area contributed by atoms with Crippen molar-refractivity contribution in [2.45, 2.75) is 13.3 Å². The van der Waals surface area contributed by atoms with Crippen LogP contribution in [0, 0.1) is 0 Å². The molecule has 82 valence electrons. The van der Waals surface area contributed by atoms with Crippen molar-refractivity contribution in [2.75, 3.05) is 33.7 Å². The maximum Gasteiger partial charge on any atom is 0.233 e. The molecule has 0 rings (SSSR count). The minimum absolute atomic E-state index is 0.0220. The number of hydrogen-bond donors (Lipinski definition) is 2. The van der Waals surface area contributed by atoms with Crippen LogP contribution < -0.4 is 10.6 Å². The van der Waals surface area contributed by atoms with Crippen LogP contribution in [0.4, 0.5) is 0 Å². The molecular formula is C9H19N3O2. The number of carbonyl (C=O) groups excluding carboxylic acids is 2. The monoisotopic (exact) mass is 201 g/mol. The third-order valence-electron chi connectivity index (χ3n) is 1.70. The number of rotatable bonds is 6. The highest BCUT2D eigenvalue weighted by atomic mass is 16.2. The molecular weight excluding hydrogens is 182 g/mol. The highest BCUT2D eigenvalue weighted by molar-refractivity contribution is 5.79. The highest BCUT2D eigenvalue weighted by Gasteiger charge is 2.04. The van der Waals surface area contributed by atoms with E-state index in [0.29, 0.717) is 19.5 Å². The van der Waals surface area contributed by atoms with Crippen molar-refractivity contribution in [3.8, 4) is 0 Å². The van der Waals surface area contributed by atoms with Crippen LogP contribution in [0.25, 0.3) is 0 Å². The number of nitrogens with zero attached hydrogens (tertiary/aromatic N) is 1. The van der Waals surface area contributed by atoms with Gasteiger partial charge in [0.2, 0.25) is 11.8 Å². The van der Waals surface area contributed by atoms with Crippen LogP contribution in [0.15, 0.2) is 0 Å². The second-order valence-electron chi connectivity index (χ2n) is 3.17. The minimum atomic E-state index is -0.0709. The standard InChI is InChI=1S/C9H19N3O2/c1-4-10-7-8(13)11-6-5-9(14)12(2)3/h10H,4-7H2,1-3H3,(H,11,13). The van der Waals surface area contributed by atoms with Crippen LogP contribution in [0.3, 0.4) is 0 Å². The molecule has 0 saturated heterocycles. The smallest absolute Gasteiger partial charge is 0.233 e. The number of likely N-dealkylation sites (N-methyl/N-ethyl adjacent to an activating group) is 1. The molecule has 0 aliphatic heterocycles. The first-order valence-electron chi connectivity index (χ1n) is 4.75. The van der Waals surface area contributed by atoms with Crippen molar-refractivity contribution in [1.29, 1.82) is 0 Å². The second kappa shape index (κ2) is 7.32. The summed E-state index contributed by atoms with van der Waals surface area (Å²) in [6.45, 7) is 3.42. The van der Waals surface area contributed by atoms with E-state index in [4.69, 9.17) is 0 Å². The number of nitrogens with one attached hydrogen (secondary N) is 2. The van der Waals surface area contributed by atoms with Crippen molar-refractivity contribution in [2.24, 2.45) is 0 Å². The first-order valence-corrected chi connectivity index (χ1v) is 4.75. The van der Waals surface area contributed by atoms with Crippen LogP contribution in [0.2, 0.25) is 0 Å². The topological polar surface area (TPSA) is 61.4 Å². The molecule has 0 aromatic rings. The van der Waals surface area contributed by atoms with E-state index >= 15 is 0 Å². The average molecular weight is 201 g/mol. The van der Waals surface area contributed by atoms with Crippen molar-refractivity contribution >= 4 is 11.8 Å². The van der Waals surface area contributed by atoms with E-state index in [1.165, 1.54) is 4.90 Å². The van der Waals surface area contributed by atoms with Gasteiger partial charge in [0.25, 0.3) is 0 Å². The van der Waals surface area contributed by atoms with E-state index in [0.717, 1.165) is 6.54 Å². The molecule has 0 aromatic heterocycles. The SMILES string of the molecule is CCNCC(=O)NCCC(=O)N(C)C. The molecule has 0 atom stereocenters. The molecule has 0 spiro atoms. The zero-order chi connectivity index (χ0) is 11.0. The Morgan fingerprint density at radius 2 is 1.93 bits per heavy atom. The molecule has 0 saturated carbocycles. The molecule has 0 heterocycles. The molecule has 0 unspecified atom stereocenters. The predicted molar refractivity (Wildman–Crippen MR) is 54.9 cm³/mol. The lowest BCUT2D eigenvalue weighted by Gasteiger charge is -2.10. The van der Waals surface area contributed by atoms with E-state index in [-0.39, 0.29) is 11.8 Å².